The van der Waals surface area contributed by atoms with Crippen molar-refractivity contribution < 1.29 is 19.4 Å². The lowest BCUT2D eigenvalue weighted by Gasteiger charge is -2.20. The molecule has 6 nitrogen and oxygen atoms in total. The molecule has 3 N–H and O–H groups in total. The van der Waals surface area contributed by atoms with Crippen LogP contribution in [0.3, 0.4) is 0 Å². The number of ether oxygens (including phenoxy) is 1. The second-order valence-corrected chi connectivity index (χ2v) is 7.27. The second kappa shape index (κ2) is 9.62. The zero-order chi connectivity index (χ0) is 20.8. The van der Waals surface area contributed by atoms with Crippen LogP contribution >= 0.6 is 11.6 Å². The third kappa shape index (κ3) is 5.27. The molecule has 28 heavy (non-hydrogen) atoms. The quantitative estimate of drug-likeness (QED) is 0.614. The first-order chi connectivity index (χ1) is 13.3. The molecule has 0 bridgehead atoms. The Hall–Kier alpha value is -2.51. The summed E-state index contributed by atoms with van der Waals surface area (Å²) in [6.45, 7) is 3.64. The number of methoxy groups -OCH3 is 1. The van der Waals surface area contributed by atoms with Crippen LogP contribution in [0.1, 0.15) is 34.6 Å². The monoisotopic (exact) mass is 402 g/mol. The van der Waals surface area contributed by atoms with Crippen LogP contribution in [0.4, 0.5) is 5.69 Å². The van der Waals surface area contributed by atoms with Crippen molar-refractivity contribution in [3.63, 3.8) is 0 Å². The molecular formula is C20H24BClN2O4. The number of nitrogens with one attached hydrogen (secondary N) is 2. The molecule has 0 aromatic heterocycles. The van der Waals surface area contributed by atoms with Gasteiger partial charge in [-0.2, -0.15) is 0 Å². The van der Waals surface area contributed by atoms with E-state index in [1.807, 2.05) is 27.8 Å². The zero-order valence-electron chi connectivity index (χ0n) is 16.4. The highest BCUT2D eigenvalue weighted by molar-refractivity contribution is 6.38. The van der Waals surface area contributed by atoms with Crippen molar-refractivity contribution in [2.24, 2.45) is 5.92 Å². The van der Waals surface area contributed by atoms with Gasteiger partial charge in [0.2, 0.25) is 0 Å². The van der Waals surface area contributed by atoms with Gasteiger partial charge in [-0.15, -0.1) is 0 Å². The molecule has 0 radical (unpaired) electrons. The Kier molecular flexibility index (Phi) is 7.49. The van der Waals surface area contributed by atoms with Gasteiger partial charge in [-0.25, -0.2) is 0 Å². The lowest BCUT2D eigenvalue weighted by atomic mass is 9.96. The minimum absolute atomic E-state index is 0.0682. The van der Waals surface area contributed by atoms with Gasteiger partial charge in [0.25, 0.3) is 11.8 Å². The molecule has 1 atom stereocenters. The molecule has 2 aromatic carbocycles. The Bertz CT molecular complexity index is 873. The summed E-state index contributed by atoms with van der Waals surface area (Å²) in [5, 5.41) is 15.3. The number of amides is 2. The summed E-state index contributed by atoms with van der Waals surface area (Å²) in [4.78, 5) is 25.3. The van der Waals surface area contributed by atoms with E-state index < -0.39 is 5.91 Å². The summed E-state index contributed by atoms with van der Waals surface area (Å²) in [6.07, 6.45) is 0. The molecule has 0 unspecified atom stereocenters. The number of rotatable bonds is 7. The van der Waals surface area contributed by atoms with E-state index in [1.165, 1.54) is 13.2 Å². The first-order valence-electron chi connectivity index (χ1n) is 8.94. The third-order valence-electron chi connectivity index (χ3n) is 4.40. The molecule has 2 rings (SSSR count). The number of carbonyl (C=O) groups excluding carboxylic acids is 2. The number of halogens is 1. The first-order valence-corrected chi connectivity index (χ1v) is 9.31. The fraction of sp³-hybridized carbons (Fsp3) is 0.300. The molecule has 2 amide bonds. The fourth-order valence-electron chi connectivity index (χ4n) is 2.61. The Morgan fingerprint density at radius 1 is 1.18 bits per heavy atom. The lowest BCUT2D eigenvalue weighted by molar-refractivity contribution is 0.0897. The van der Waals surface area contributed by atoms with E-state index in [0.29, 0.717) is 22.0 Å². The number of anilines is 1. The van der Waals surface area contributed by atoms with Gasteiger partial charge in [-0.3, -0.25) is 9.59 Å². The normalized spacial score (nSPS) is 11.8. The van der Waals surface area contributed by atoms with Gasteiger partial charge in [-0.05, 0) is 36.2 Å². The van der Waals surface area contributed by atoms with Gasteiger partial charge >= 0.3 is 0 Å². The van der Waals surface area contributed by atoms with Crippen LogP contribution < -0.4 is 20.8 Å². The Labute approximate surface area is 170 Å². The van der Waals surface area contributed by atoms with Crippen molar-refractivity contribution in [1.29, 1.82) is 0 Å². The zero-order valence-corrected chi connectivity index (χ0v) is 17.1. The summed E-state index contributed by atoms with van der Waals surface area (Å²) in [5.74, 6) is -0.420. The van der Waals surface area contributed by atoms with Crippen LogP contribution in [0, 0.1) is 5.92 Å². The van der Waals surface area contributed by atoms with Crippen LogP contribution in [0.5, 0.6) is 5.75 Å². The number of benzene rings is 2. The van der Waals surface area contributed by atoms with Crippen LogP contribution in [-0.4, -0.2) is 44.5 Å². The highest BCUT2D eigenvalue weighted by Crippen LogP contribution is 2.24. The topological polar surface area (TPSA) is 87.7 Å². The second-order valence-electron chi connectivity index (χ2n) is 6.86. The highest BCUT2D eigenvalue weighted by atomic mass is 35.5. The molecule has 0 heterocycles. The summed E-state index contributed by atoms with van der Waals surface area (Å²) < 4.78 is 5.26. The summed E-state index contributed by atoms with van der Waals surface area (Å²) >= 11 is 6.19. The number of hydrogen-bond acceptors (Lipinski definition) is 4. The maximum atomic E-state index is 12.8. The Balaban J connectivity index is 2.28. The van der Waals surface area contributed by atoms with E-state index in [2.05, 4.69) is 10.6 Å². The smallest absolute Gasteiger partial charge is 0.259 e. The van der Waals surface area contributed by atoms with Crippen molar-refractivity contribution in [2.45, 2.75) is 19.9 Å². The van der Waals surface area contributed by atoms with Crippen LogP contribution in [0.15, 0.2) is 36.4 Å². The van der Waals surface area contributed by atoms with Gasteiger partial charge in [0.1, 0.15) is 13.6 Å². The summed E-state index contributed by atoms with van der Waals surface area (Å²) in [6, 6.07) is 9.51. The van der Waals surface area contributed by atoms with E-state index in [-0.39, 0.29) is 30.0 Å². The molecule has 0 saturated carbocycles. The van der Waals surface area contributed by atoms with E-state index >= 15 is 0 Å². The minimum Gasteiger partial charge on any atom is -0.496 e. The fourth-order valence-corrected chi connectivity index (χ4v) is 2.90. The predicted molar refractivity (Wildman–Crippen MR) is 114 cm³/mol. The Morgan fingerprint density at radius 2 is 1.89 bits per heavy atom. The van der Waals surface area contributed by atoms with Crippen molar-refractivity contribution in [3.8, 4) is 5.75 Å². The molecule has 0 aliphatic heterocycles. The molecule has 8 heteroatoms. The van der Waals surface area contributed by atoms with Gasteiger partial charge in [-0.1, -0.05) is 37.0 Å². The lowest BCUT2D eigenvalue weighted by Crippen LogP contribution is -2.41. The molecule has 148 valence electrons. The maximum Gasteiger partial charge on any atom is 0.259 e. The molecule has 0 fully saturated rings. The van der Waals surface area contributed by atoms with E-state index in [0.717, 1.165) is 5.46 Å². The highest BCUT2D eigenvalue weighted by Gasteiger charge is 2.20. The van der Waals surface area contributed by atoms with E-state index in [1.54, 1.807) is 24.3 Å². The predicted octanol–water partition coefficient (Wildman–Crippen LogP) is 1.61. The van der Waals surface area contributed by atoms with Gasteiger partial charge in [0.15, 0.2) is 0 Å². The molecule has 0 saturated heterocycles. The number of aliphatic hydroxyl groups is 1. The molecular weight excluding hydrogens is 378 g/mol. The van der Waals surface area contributed by atoms with Crippen molar-refractivity contribution >= 4 is 42.4 Å². The molecule has 0 spiro atoms. The van der Waals surface area contributed by atoms with Crippen LogP contribution in [-0.2, 0) is 0 Å². The van der Waals surface area contributed by atoms with Gasteiger partial charge in [0.05, 0.1) is 36.0 Å². The van der Waals surface area contributed by atoms with E-state index in [9.17, 15) is 14.7 Å². The van der Waals surface area contributed by atoms with Crippen LogP contribution in [0.25, 0.3) is 0 Å². The molecule has 2 aromatic rings. The van der Waals surface area contributed by atoms with Crippen molar-refractivity contribution in [2.75, 3.05) is 19.0 Å². The maximum absolute atomic E-state index is 12.8. The number of aliphatic hydroxyl groups excluding tert-OH is 1. The van der Waals surface area contributed by atoms with Crippen molar-refractivity contribution in [1.82, 2.24) is 5.32 Å². The first kappa shape index (κ1) is 21.8. The van der Waals surface area contributed by atoms with E-state index in [4.69, 9.17) is 16.3 Å². The minimum atomic E-state index is -0.445. The van der Waals surface area contributed by atoms with Gasteiger partial charge in [0, 0.05) is 5.56 Å². The third-order valence-corrected chi connectivity index (χ3v) is 4.71. The SMILES string of the molecule is Bc1ccc(NC(=O)c2cc(C(=O)N[C@H](CO)C(C)C)ccc2OC)c(Cl)c1. The molecule has 0 aliphatic carbocycles. The largest absolute Gasteiger partial charge is 0.496 e. The average molecular weight is 403 g/mol. The number of carbonyl (C=O) groups is 2. The van der Waals surface area contributed by atoms with Gasteiger partial charge < -0.3 is 20.5 Å². The summed E-state index contributed by atoms with van der Waals surface area (Å²) in [5.41, 5.74) is 1.94. The standard InChI is InChI=1S/C20H24BClN2O4/c1-11(2)17(10-25)24-19(26)12-4-7-18(28-3)14(8-12)20(27)23-16-6-5-13(21)9-15(16)22/h4-9,11,17,25H,10,21H2,1-3H3,(H,23,27)(H,24,26)/t17-/m1/s1. The van der Waals surface area contributed by atoms with Crippen molar-refractivity contribution in [3.05, 3.63) is 52.5 Å². The molecule has 0 aliphatic rings. The van der Waals surface area contributed by atoms with Crippen LogP contribution in [0.2, 0.25) is 5.02 Å². The average Bonchev–Trinajstić information content (AvgIpc) is 2.67. The Morgan fingerprint density at radius 3 is 2.46 bits per heavy atom. The number of hydrogen-bond donors (Lipinski definition) is 3. The summed E-state index contributed by atoms with van der Waals surface area (Å²) in [7, 11) is 3.35.